The molecule has 1 amide bonds. The molecule has 2 atom stereocenters. The number of benzene rings is 1. The van der Waals surface area contributed by atoms with Crippen molar-refractivity contribution in [3.05, 3.63) is 28.8 Å². The number of aryl methyl sites for hydroxylation is 1. The van der Waals surface area contributed by atoms with Crippen molar-refractivity contribution in [2.24, 2.45) is 5.92 Å². The summed E-state index contributed by atoms with van der Waals surface area (Å²) in [6.45, 7) is 7.03. The molecular weight excluding hydrogens is 338 g/mol. The molecule has 1 aromatic rings. The van der Waals surface area contributed by atoms with Gasteiger partial charge in [0.05, 0.1) is 25.2 Å². The van der Waals surface area contributed by atoms with E-state index < -0.39 is 0 Å². The molecule has 2 bridgehead atoms. The SMILES string of the molecule is Cc1ccc(N2CCC(N3C[C@H]4COC[C@@H](C3)C(=O)N4)CC2)cc1Cl. The van der Waals surface area contributed by atoms with Crippen LogP contribution in [0, 0.1) is 12.8 Å². The lowest BCUT2D eigenvalue weighted by Gasteiger charge is -2.41. The molecule has 1 aromatic carbocycles. The van der Waals surface area contributed by atoms with E-state index in [2.05, 4.69) is 33.3 Å². The van der Waals surface area contributed by atoms with Gasteiger partial charge in [0.15, 0.2) is 0 Å². The summed E-state index contributed by atoms with van der Waals surface area (Å²) in [6.07, 6.45) is 2.25. The Morgan fingerprint density at radius 2 is 2.00 bits per heavy atom. The Labute approximate surface area is 154 Å². The van der Waals surface area contributed by atoms with Gasteiger partial charge in [-0.2, -0.15) is 0 Å². The van der Waals surface area contributed by atoms with E-state index in [-0.39, 0.29) is 17.9 Å². The van der Waals surface area contributed by atoms with Crippen LogP contribution in [0.5, 0.6) is 0 Å². The van der Waals surface area contributed by atoms with Crippen LogP contribution in [0.15, 0.2) is 18.2 Å². The number of carbonyl (C=O) groups is 1. The molecule has 0 saturated carbocycles. The van der Waals surface area contributed by atoms with Crippen LogP contribution < -0.4 is 10.2 Å². The van der Waals surface area contributed by atoms with Crippen molar-refractivity contribution in [2.45, 2.75) is 31.8 Å². The van der Waals surface area contributed by atoms with Gasteiger partial charge in [-0.15, -0.1) is 0 Å². The van der Waals surface area contributed by atoms with Crippen molar-refractivity contribution < 1.29 is 9.53 Å². The van der Waals surface area contributed by atoms with E-state index >= 15 is 0 Å². The highest BCUT2D eigenvalue weighted by Crippen LogP contribution is 2.28. The Kier molecular flexibility index (Phi) is 4.89. The Bertz CT molecular complexity index is 646. The molecule has 0 aromatic heterocycles. The van der Waals surface area contributed by atoms with Gasteiger partial charge < -0.3 is 15.0 Å². The molecule has 3 heterocycles. The van der Waals surface area contributed by atoms with Crippen LogP contribution in [0.3, 0.4) is 0 Å². The van der Waals surface area contributed by atoms with Crippen LogP contribution in [0.4, 0.5) is 5.69 Å². The van der Waals surface area contributed by atoms with Gasteiger partial charge >= 0.3 is 0 Å². The van der Waals surface area contributed by atoms with Gasteiger partial charge in [0.25, 0.3) is 0 Å². The maximum Gasteiger partial charge on any atom is 0.227 e. The summed E-state index contributed by atoms with van der Waals surface area (Å²) >= 11 is 6.28. The molecular formula is C19H26ClN3O2. The normalized spacial score (nSPS) is 28.6. The van der Waals surface area contributed by atoms with Crippen molar-refractivity contribution in [1.82, 2.24) is 10.2 Å². The fraction of sp³-hybridized carbons (Fsp3) is 0.632. The van der Waals surface area contributed by atoms with Gasteiger partial charge in [0.2, 0.25) is 5.91 Å². The van der Waals surface area contributed by atoms with E-state index in [1.165, 1.54) is 5.69 Å². The largest absolute Gasteiger partial charge is 0.378 e. The van der Waals surface area contributed by atoms with E-state index in [0.29, 0.717) is 19.3 Å². The molecule has 0 spiro atoms. The van der Waals surface area contributed by atoms with Gasteiger partial charge in [0.1, 0.15) is 0 Å². The average Bonchev–Trinajstić information content (AvgIpc) is 2.86. The summed E-state index contributed by atoms with van der Waals surface area (Å²) in [4.78, 5) is 17.1. The molecule has 4 rings (SSSR count). The predicted molar refractivity (Wildman–Crippen MR) is 99.2 cm³/mol. The smallest absolute Gasteiger partial charge is 0.227 e. The van der Waals surface area contributed by atoms with Gasteiger partial charge in [-0.1, -0.05) is 17.7 Å². The summed E-state index contributed by atoms with van der Waals surface area (Å²) < 4.78 is 5.63. The molecule has 0 radical (unpaired) electrons. The zero-order valence-electron chi connectivity index (χ0n) is 14.7. The summed E-state index contributed by atoms with van der Waals surface area (Å²) in [5.74, 6) is 0.137. The molecule has 3 saturated heterocycles. The number of hydrogen-bond donors (Lipinski definition) is 1. The minimum atomic E-state index is -0.0264. The molecule has 3 aliphatic rings. The molecule has 3 fully saturated rings. The van der Waals surface area contributed by atoms with Gasteiger partial charge in [-0.05, 0) is 37.5 Å². The predicted octanol–water partition coefficient (Wildman–Crippen LogP) is 2.06. The molecule has 6 heteroatoms. The number of amides is 1. The zero-order chi connectivity index (χ0) is 17.4. The highest BCUT2D eigenvalue weighted by Gasteiger charge is 2.36. The van der Waals surface area contributed by atoms with Crippen LogP contribution in [0.25, 0.3) is 0 Å². The van der Waals surface area contributed by atoms with Crippen LogP contribution >= 0.6 is 11.6 Å². The number of anilines is 1. The second-order valence-corrected chi connectivity index (χ2v) is 7.95. The Hall–Kier alpha value is -1.30. The first kappa shape index (κ1) is 17.1. The van der Waals surface area contributed by atoms with Crippen LogP contribution in [-0.2, 0) is 9.53 Å². The summed E-state index contributed by atoms with van der Waals surface area (Å²) in [6, 6.07) is 7.02. The highest BCUT2D eigenvalue weighted by atomic mass is 35.5. The lowest BCUT2D eigenvalue weighted by molar-refractivity contribution is -0.125. The summed E-state index contributed by atoms with van der Waals surface area (Å²) in [5.41, 5.74) is 2.34. The Morgan fingerprint density at radius 1 is 1.20 bits per heavy atom. The maximum absolute atomic E-state index is 12.2. The summed E-state index contributed by atoms with van der Waals surface area (Å²) in [7, 11) is 0. The number of hydrogen-bond acceptors (Lipinski definition) is 4. The molecule has 0 aliphatic carbocycles. The number of ether oxygens (including phenoxy) is 1. The standard InChI is InChI=1S/C19H26ClN3O2/c1-13-2-3-17(8-18(13)20)22-6-4-16(5-7-22)23-9-14-11-25-12-15(10-23)21-19(14)24/h2-3,8,14-16H,4-7,9-12H2,1H3,(H,21,24)/t14-,15+/m1/s1. The second kappa shape index (κ2) is 7.14. The first-order valence-electron chi connectivity index (χ1n) is 9.23. The number of piperidine rings is 1. The monoisotopic (exact) mass is 363 g/mol. The zero-order valence-corrected chi connectivity index (χ0v) is 15.5. The number of fused-ring (bicyclic) bond motifs is 3. The van der Waals surface area contributed by atoms with Gasteiger partial charge in [-0.25, -0.2) is 0 Å². The third kappa shape index (κ3) is 3.64. The number of nitrogens with one attached hydrogen (secondary N) is 1. The second-order valence-electron chi connectivity index (χ2n) is 7.55. The number of carbonyl (C=O) groups excluding carboxylic acids is 1. The summed E-state index contributed by atoms with van der Waals surface area (Å²) in [5, 5.41) is 3.96. The van der Waals surface area contributed by atoms with Crippen LogP contribution in [0.1, 0.15) is 18.4 Å². The lowest BCUT2D eigenvalue weighted by Crippen LogP contribution is -2.50. The molecule has 25 heavy (non-hydrogen) atoms. The lowest BCUT2D eigenvalue weighted by atomic mass is 10.00. The van der Waals surface area contributed by atoms with Crippen molar-refractivity contribution in [2.75, 3.05) is 44.3 Å². The van der Waals surface area contributed by atoms with E-state index in [9.17, 15) is 4.79 Å². The van der Waals surface area contributed by atoms with E-state index in [0.717, 1.165) is 49.6 Å². The molecule has 136 valence electrons. The molecule has 5 nitrogen and oxygen atoms in total. The van der Waals surface area contributed by atoms with Crippen LogP contribution in [0.2, 0.25) is 5.02 Å². The number of nitrogens with zero attached hydrogens (tertiary/aromatic N) is 2. The van der Waals surface area contributed by atoms with Crippen LogP contribution in [-0.4, -0.2) is 62.3 Å². The van der Waals surface area contributed by atoms with Gasteiger partial charge in [-0.3, -0.25) is 9.69 Å². The van der Waals surface area contributed by atoms with E-state index in [1.54, 1.807) is 0 Å². The average molecular weight is 364 g/mol. The third-order valence-corrected chi connectivity index (χ3v) is 6.17. The number of rotatable bonds is 2. The maximum atomic E-state index is 12.2. The first-order chi connectivity index (χ1) is 12.1. The fourth-order valence-corrected chi connectivity index (χ4v) is 4.40. The Balaban J connectivity index is 1.40. The quantitative estimate of drug-likeness (QED) is 0.873. The fourth-order valence-electron chi connectivity index (χ4n) is 4.23. The third-order valence-electron chi connectivity index (χ3n) is 5.77. The number of halogens is 1. The minimum Gasteiger partial charge on any atom is -0.378 e. The van der Waals surface area contributed by atoms with Crippen molar-refractivity contribution in [3.63, 3.8) is 0 Å². The van der Waals surface area contributed by atoms with Crippen molar-refractivity contribution in [3.8, 4) is 0 Å². The van der Waals surface area contributed by atoms with E-state index in [1.807, 2.05) is 6.92 Å². The van der Waals surface area contributed by atoms with Crippen molar-refractivity contribution >= 4 is 23.2 Å². The first-order valence-corrected chi connectivity index (χ1v) is 9.61. The van der Waals surface area contributed by atoms with E-state index in [4.69, 9.17) is 16.3 Å². The van der Waals surface area contributed by atoms with Crippen molar-refractivity contribution in [1.29, 1.82) is 0 Å². The Morgan fingerprint density at radius 3 is 2.76 bits per heavy atom. The molecule has 1 N–H and O–H groups in total. The molecule has 3 aliphatic heterocycles. The molecule has 0 unspecified atom stereocenters. The minimum absolute atomic E-state index is 0.0264. The van der Waals surface area contributed by atoms with Gasteiger partial charge in [0, 0.05) is 42.9 Å². The topological polar surface area (TPSA) is 44.8 Å². The highest BCUT2D eigenvalue weighted by molar-refractivity contribution is 6.31.